The van der Waals surface area contributed by atoms with E-state index in [-0.39, 0.29) is 5.41 Å². The third-order valence-corrected chi connectivity index (χ3v) is 5.97. The van der Waals surface area contributed by atoms with Crippen LogP contribution in [0.1, 0.15) is 29.5 Å². The minimum absolute atomic E-state index is 0.216. The molecule has 0 aliphatic carbocycles. The fraction of sp³-hybridized carbons (Fsp3) is 0.143. The topological polar surface area (TPSA) is 0 Å². The molecule has 0 fully saturated rings. The van der Waals surface area contributed by atoms with Gasteiger partial charge in [-0.05, 0) is 40.7 Å². The van der Waals surface area contributed by atoms with Gasteiger partial charge in [0.15, 0.2) is 0 Å². The Labute approximate surface area is 178 Å². The number of hydrogen-bond acceptors (Lipinski definition) is 0. The Kier molecular flexibility index (Phi) is 6.12. The SMILES string of the molecule is ClCCCC(c1ccccc1)(c1ccccc1)c1ccc(-c2ccccc2)cc1. The van der Waals surface area contributed by atoms with Crippen molar-refractivity contribution in [2.24, 2.45) is 0 Å². The normalized spacial score (nSPS) is 11.3. The summed E-state index contributed by atoms with van der Waals surface area (Å²) in [5, 5.41) is 0. The first-order chi connectivity index (χ1) is 14.3. The van der Waals surface area contributed by atoms with Crippen molar-refractivity contribution in [2.45, 2.75) is 18.3 Å². The molecule has 4 aromatic rings. The third-order valence-electron chi connectivity index (χ3n) is 5.70. The van der Waals surface area contributed by atoms with Gasteiger partial charge in [0.2, 0.25) is 0 Å². The maximum atomic E-state index is 6.18. The average Bonchev–Trinajstić information content (AvgIpc) is 2.82. The van der Waals surface area contributed by atoms with Crippen LogP contribution in [0.2, 0.25) is 0 Å². The highest BCUT2D eigenvalue weighted by atomic mass is 35.5. The van der Waals surface area contributed by atoms with E-state index in [1.807, 2.05) is 0 Å². The van der Waals surface area contributed by atoms with Gasteiger partial charge in [-0.3, -0.25) is 0 Å². The molecule has 144 valence electrons. The van der Waals surface area contributed by atoms with E-state index in [9.17, 15) is 0 Å². The van der Waals surface area contributed by atoms with Gasteiger partial charge in [-0.25, -0.2) is 0 Å². The summed E-state index contributed by atoms with van der Waals surface area (Å²) in [7, 11) is 0. The van der Waals surface area contributed by atoms with Crippen LogP contribution in [0, 0.1) is 0 Å². The summed E-state index contributed by atoms with van der Waals surface area (Å²) in [6.45, 7) is 0. The predicted octanol–water partition coefficient (Wildman–Crippen LogP) is 7.71. The molecule has 29 heavy (non-hydrogen) atoms. The zero-order chi connectivity index (χ0) is 19.9. The van der Waals surface area contributed by atoms with E-state index in [4.69, 9.17) is 11.6 Å². The molecule has 0 aliphatic rings. The van der Waals surface area contributed by atoms with Crippen LogP contribution in [0.15, 0.2) is 115 Å². The first-order valence-corrected chi connectivity index (χ1v) is 10.7. The lowest BCUT2D eigenvalue weighted by atomic mass is 9.66. The quantitative estimate of drug-likeness (QED) is 0.221. The Morgan fingerprint density at radius 1 is 0.483 bits per heavy atom. The molecule has 0 bridgehead atoms. The molecule has 4 aromatic carbocycles. The summed E-state index contributed by atoms with van der Waals surface area (Å²) in [4.78, 5) is 0. The minimum Gasteiger partial charge on any atom is -0.127 e. The molecule has 0 unspecified atom stereocenters. The van der Waals surface area contributed by atoms with E-state index in [2.05, 4.69) is 115 Å². The van der Waals surface area contributed by atoms with Gasteiger partial charge < -0.3 is 0 Å². The van der Waals surface area contributed by atoms with Crippen LogP contribution in [0.5, 0.6) is 0 Å². The van der Waals surface area contributed by atoms with Crippen LogP contribution in [-0.2, 0) is 5.41 Å². The van der Waals surface area contributed by atoms with Crippen LogP contribution in [0.25, 0.3) is 11.1 Å². The third kappa shape index (κ3) is 3.99. The van der Waals surface area contributed by atoms with Gasteiger partial charge in [0.25, 0.3) is 0 Å². The lowest BCUT2D eigenvalue weighted by Crippen LogP contribution is -2.29. The molecule has 0 spiro atoms. The highest BCUT2D eigenvalue weighted by molar-refractivity contribution is 6.17. The molecule has 0 nitrogen and oxygen atoms in total. The van der Waals surface area contributed by atoms with E-state index in [0.29, 0.717) is 5.88 Å². The standard InChI is InChI=1S/C28H25Cl/c29-22-10-21-28(25-13-6-2-7-14-25,26-15-8-3-9-16-26)27-19-17-24(18-20-27)23-11-4-1-5-12-23/h1-9,11-20H,10,21-22H2. The molecule has 0 amide bonds. The molecule has 0 atom stereocenters. The first-order valence-electron chi connectivity index (χ1n) is 10.2. The van der Waals surface area contributed by atoms with Gasteiger partial charge in [-0.15, -0.1) is 11.6 Å². The Morgan fingerprint density at radius 2 is 0.897 bits per heavy atom. The largest absolute Gasteiger partial charge is 0.127 e. The average molecular weight is 397 g/mol. The fourth-order valence-electron chi connectivity index (χ4n) is 4.29. The van der Waals surface area contributed by atoms with Crippen molar-refractivity contribution in [2.75, 3.05) is 5.88 Å². The Balaban J connectivity index is 1.88. The van der Waals surface area contributed by atoms with E-state index in [1.165, 1.54) is 27.8 Å². The van der Waals surface area contributed by atoms with Gasteiger partial charge >= 0.3 is 0 Å². The number of alkyl halides is 1. The lowest BCUT2D eigenvalue weighted by molar-refractivity contribution is 0.552. The van der Waals surface area contributed by atoms with Crippen LogP contribution in [0.4, 0.5) is 0 Å². The van der Waals surface area contributed by atoms with Crippen LogP contribution < -0.4 is 0 Å². The molecule has 0 aromatic heterocycles. The van der Waals surface area contributed by atoms with E-state index < -0.39 is 0 Å². The number of benzene rings is 4. The minimum atomic E-state index is -0.216. The summed E-state index contributed by atoms with van der Waals surface area (Å²) < 4.78 is 0. The lowest BCUT2D eigenvalue weighted by Gasteiger charge is -2.36. The van der Waals surface area contributed by atoms with Crippen molar-refractivity contribution in [1.29, 1.82) is 0 Å². The zero-order valence-corrected chi connectivity index (χ0v) is 17.2. The second-order valence-corrected chi connectivity index (χ2v) is 7.75. The Hall–Kier alpha value is -2.83. The maximum Gasteiger partial charge on any atom is 0.0451 e. The summed E-state index contributed by atoms with van der Waals surface area (Å²) >= 11 is 6.18. The van der Waals surface area contributed by atoms with Crippen molar-refractivity contribution in [3.05, 3.63) is 132 Å². The van der Waals surface area contributed by atoms with Gasteiger partial charge in [-0.1, -0.05) is 115 Å². The number of halogens is 1. The maximum absolute atomic E-state index is 6.18. The second-order valence-electron chi connectivity index (χ2n) is 7.37. The van der Waals surface area contributed by atoms with Gasteiger partial charge in [0.05, 0.1) is 0 Å². The van der Waals surface area contributed by atoms with Gasteiger partial charge in [0.1, 0.15) is 0 Å². The van der Waals surface area contributed by atoms with Crippen molar-refractivity contribution < 1.29 is 0 Å². The Morgan fingerprint density at radius 3 is 1.38 bits per heavy atom. The highest BCUT2D eigenvalue weighted by Crippen LogP contribution is 2.43. The van der Waals surface area contributed by atoms with Crippen molar-refractivity contribution >= 4 is 11.6 Å². The predicted molar refractivity (Wildman–Crippen MR) is 125 cm³/mol. The molecule has 4 rings (SSSR count). The molecule has 0 heterocycles. The molecule has 0 saturated carbocycles. The van der Waals surface area contributed by atoms with E-state index >= 15 is 0 Å². The molecular weight excluding hydrogens is 372 g/mol. The summed E-state index contributed by atoms with van der Waals surface area (Å²) in [5.74, 6) is 0.656. The number of rotatable bonds is 7. The monoisotopic (exact) mass is 396 g/mol. The molecule has 1 heteroatoms. The van der Waals surface area contributed by atoms with Gasteiger partial charge in [0, 0.05) is 11.3 Å². The highest BCUT2D eigenvalue weighted by Gasteiger charge is 2.35. The first kappa shape index (κ1) is 19.5. The fourth-order valence-corrected chi connectivity index (χ4v) is 4.42. The summed E-state index contributed by atoms with van der Waals surface area (Å²) in [5.41, 5.74) is 6.19. The van der Waals surface area contributed by atoms with Gasteiger partial charge in [-0.2, -0.15) is 0 Å². The second kappa shape index (κ2) is 9.11. The van der Waals surface area contributed by atoms with Crippen molar-refractivity contribution in [1.82, 2.24) is 0 Å². The summed E-state index contributed by atoms with van der Waals surface area (Å²) in [6, 6.07) is 41.3. The molecule has 0 saturated heterocycles. The van der Waals surface area contributed by atoms with Crippen LogP contribution in [0.3, 0.4) is 0 Å². The Bertz CT molecular complexity index is 967. The molecule has 0 N–H and O–H groups in total. The van der Waals surface area contributed by atoms with Crippen LogP contribution >= 0.6 is 11.6 Å². The smallest absolute Gasteiger partial charge is 0.0451 e. The molecule has 0 radical (unpaired) electrons. The van der Waals surface area contributed by atoms with E-state index in [1.54, 1.807) is 0 Å². The number of hydrogen-bond donors (Lipinski definition) is 0. The van der Waals surface area contributed by atoms with Crippen molar-refractivity contribution in [3.8, 4) is 11.1 Å². The molecule has 0 aliphatic heterocycles. The van der Waals surface area contributed by atoms with E-state index in [0.717, 1.165) is 12.8 Å². The van der Waals surface area contributed by atoms with Crippen molar-refractivity contribution in [3.63, 3.8) is 0 Å². The molecular formula is C28H25Cl. The van der Waals surface area contributed by atoms with Crippen LogP contribution in [-0.4, -0.2) is 5.88 Å². The summed E-state index contributed by atoms with van der Waals surface area (Å²) in [6.07, 6.45) is 1.92. The zero-order valence-electron chi connectivity index (χ0n) is 16.5.